The first-order valence-electron chi connectivity index (χ1n) is 12.3. The van der Waals surface area contributed by atoms with Gasteiger partial charge in [0, 0.05) is 70.5 Å². The molecule has 0 radical (unpaired) electrons. The molecule has 9 nitrogen and oxygen atoms in total. The Bertz CT molecular complexity index is 1490. The van der Waals surface area contributed by atoms with E-state index >= 15 is 0 Å². The molecule has 0 spiro atoms. The Labute approximate surface area is 214 Å². The van der Waals surface area contributed by atoms with Crippen LogP contribution in [0.1, 0.15) is 15.9 Å². The SMILES string of the molecule is CN1CCN(CCNC(=O)c2cc(F)cc(Cn3ccc4cc(-c5ccnn5C)ncc4c3=O)c2)CC1. The topological polar surface area (TPSA) is 88.3 Å². The van der Waals surface area contributed by atoms with E-state index in [1.54, 1.807) is 29.3 Å². The number of aromatic nitrogens is 4. The second-order valence-electron chi connectivity index (χ2n) is 9.49. The van der Waals surface area contributed by atoms with Crippen molar-refractivity contribution in [2.45, 2.75) is 6.54 Å². The Kier molecular flexibility index (Phi) is 7.11. The van der Waals surface area contributed by atoms with Crippen molar-refractivity contribution in [2.75, 3.05) is 46.3 Å². The van der Waals surface area contributed by atoms with Crippen LogP contribution in [0, 0.1) is 5.82 Å². The van der Waals surface area contributed by atoms with Gasteiger partial charge in [-0.2, -0.15) is 5.10 Å². The molecule has 0 saturated carbocycles. The number of piperazine rings is 1. The quantitative estimate of drug-likeness (QED) is 0.415. The predicted octanol–water partition coefficient (Wildman–Crippen LogP) is 1.96. The summed E-state index contributed by atoms with van der Waals surface area (Å²) in [6.45, 7) is 5.34. The van der Waals surface area contributed by atoms with E-state index in [2.05, 4.69) is 32.2 Å². The van der Waals surface area contributed by atoms with Crippen molar-refractivity contribution in [3.05, 3.63) is 82.3 Å². The molecule has 1 amide bonds. The predicted molar refractivity (Wildman–Crippen MR) is 140 cm³/mol. The fourth-order valence-electron chi connectivity index (χ4n) is 4.64. The molecule has 0 aliphatic carbocycles. The maximum Gasteiger partial charge on any atom is 0.260 e. The summed E-state index contributed by atoms with van der Waals surface area (Å²) in [4.78, 5) is 34.9. The lowest BCUT2D eigenvalue weighted by atomic mass is 10.1. The molecule has 1 aromatic carbocycles. The zero-order valence-electron chi connectivity index (χ0n) is 21.0. The zero-order chi connectivity index (χ0) is 25.9. The minimum atomic E-state index is -0.516. The highest BCUT2D eigenvalue weighted by atomic mass is 19.1. The second kappa shape index (κ2) is 10.6. The molecule has 1 fully saturated rings. The van der Waals surface area contributed by atoms with E-state index in [1.165, 1.54) is 16.7 Å². The molecule has 10 heteroatoms. The van der Waals surface area contributed by atoms with Gasteiger partial charge in [0.1, 0.15) is 5.82 Å². The number of halogens is 1. The summed E-state index contributed by atoms with van der Waals surface area (Å²) in [6, 6.07) is 9.76. The summed E-state index contributed by atoms with van der Waals surface area (Å²) in [7, 11) is 3.93. The summed E-state index contributed by atoms with van der Waals surface area (Å²) in [5.41, 5.74) is 2.11. The van der Waals surface area contributed by atoms with E-state index < -0.39 is 5.82 Å². The third-order valence-electron chi connectivity index (χ3n) is 6.83. The smallest absolute Gasteiger partial charge is 0.260 e. The molecular weight excluding hydrogens is 473 g/mol. The van der Waals surface area contributed by atoms with E-state index in [9.17, 15) is 14.0 Å². The average molecular weight is 504 g/mol. The summed E-state index contributed by atoms with van der Waals surface area (Å²) in [5.74, 6) is -0.842. The van der Waals surface area contributed by atoms with Gasteiger partial charge in [-0.1, -0.05) is 0 Å². The molecule has 0 bridgehead atoms. The minimum Gasteiger partial charge on any atom is -0.351 e. The van der Waals surface area contributed by atoms with Gasteiger partial charge in [0.2, 0.25) is 0 Å². The van der Waals surface area contributed by atoms with Crippen molar-refractivity contribution >= 4 is 16.7 Å². The van der Waals surface area contributed by atoms with Crippen LogP contribution in [-0.2, 0) is 13.6 Å². The van der Waals surface area contributed by atoms with Gasteiger partial charge < -0.3 is 14.8 Å². The van der Waals surface area contributed by atoms with Gasteiger partial charge in [-0.15, -0.1) is 0 Å². The zero-order valence-corrected chi connectivity index (χ0v) is 21.0. The number of carbonyl (C=O) groups excluding carboxylic acids is 1. The number of fused-ring (bicyclic) bond motifs is 1. The standard InChI is InChI=1S/C27H30FN7O2/c1-32-9-11-34(12-10-32)8-6-29-26(36)21-13-19(14-22(28)15-21)18-35-7-4-20-16-24(25-3-5-31-33(25)2)30-17-23(20)27(35)37/h3-5,7,13-17H,6,8-12,18H2,1-2H3,(H,29,36). The van der Waals surface area contributed by atoms with Crippen LogP contribution in [0.5, 0.6) is 0 Å². The lowest BCUT2D eigenvalue weighted by Gasteiger charge is -2.32. The fourth-order valence-corrected chi connectivity index (χ4v) is 4.64. The Balaban J connectivity index is 1.29. The van der Waals surface area contributed by atoms with Crippen LogP contribution in [0.25, 0.3) is 22.2 Å². The maximum atomic E-state index is 14.4. The molecule has 1 aliphatic heterocycles. The summed E-state index contributed by atoms with van der Waals surface area (Å²) in [6.07, 6.45) is 4.93. The summed E-state index contributed by atoms with van der Waals surface area (Å²) in [5, 5.41) is 8.28. The van der Waals surface area contributed by atoms with E-state index in [4.69, 9.17) is 0 Å². The van der Waals surface area contributed by atoms with Gasteiger partial charge in [-0.3, -0.25) is 24.2 Å². The lowest BCUT2D eigenvalue weighted by molar-refractivity contribution is 0.0940. The van der Waals surface area contributed by atoms with E-state index in [0.29, 0.717) is 17.5 Å². The molecule has 1 N–H and O–H groups in total. The van der Waals surface area contributed by atoms with Crippen LogP contribution >= 0.6 is 0 Å². The number of likely N-dealkylation sites (N-methyl/N-ethyl adjacent to an activating group) is 1. The molecule has 192 valence electrons. The Hall–Kier alpha value is -3.89. The highest BCUT2D eigenvalue weighted by Crippen LogP contribution is 2.20. The molecule has 1 aliphatic rings. The van der Waals surface area contributed by atoms with Gasteiger partial charge in [0.05, 0.1) is 23.3 Å². The fraction of sp³-hybridized carbons (Fsp3) is 0.333. The second-order valence-corrected chi connectivity index (χ2v) is 9.49. The van der Waals surface area contributed by atoms with Crippen molar-refractivity contribution in [1.29, 1.82) is 0 Å². The third kappa shape index (κ3) is 5.60. The molecular formula is C27H30FN7O2. The largest absolute Gasteiger partial charge is 0.351 e. The Morgan fingerprint density at radius 2 is 1.89 bits per heavy atom. The van der Waals surface area contributed by atoms with Crippen LogP contribution in [0.4, 0.5) is 4.39 Å². The molecule has 0 unspecified atom stereocenters. The minimum absolute atomic E-state index is 0.136. The Morgan fingerprint density at radius 1 is 1.08 bits per heavy atom. The van der Waals surface area contributed by atoms with Crippen molar-refractivity contribution in [3.63, 3.8) is 0 Å². The number of pyridine rings is 2. The first-order chi connectivity index (χ1) is 17.9. The number of rotatable bonds is 7. The normalized spacial score (nSPS) is 14.8. The maximum absolute atomic E-state index is 14.4. The van der Waals surface area contributed by atoms with Crippen molar-refractivity contribution < 1.29 is 9.18 Å². The molecule has 37 heavy (non-hydrogen) atoms. The average Bonchev–Trinajstić information content (AvgIpc) is 3.32. The number of carbonyl (C=O) groups is 1. The Morgan fingerprint density at radius 3 is 2.65 bits per heavy atom. The molecule has 4 aromatic rings. The highest BCUT2D eigenvalue weighted by molar-refractivity contribution is 5.94. The molecule has 5 rings (SSSR count). The molecule has 1 saturated heterocycles. The van der Waals surface area contributed by atoms with E-state index in [-0.39, 0.29) is 23.6 Å². The van der Waals surface area contributed by atoms with Gasteiger partial charge >= 0.3 is 0 Å². The van der Waals surface area contributed by atoms with Gasteiger partial charge in [0.15, 0.2) is 0 Å². The summed E-state index contributed by atoms with van der Waals surface area (Å²) >= 11 is 0. The van der Waals surface area contributed by atoms with Crippen LogP contribution < -0.4 is 10.9 Å². The van der Waals surface area contributed by atoms with Crippen LogP contribution in [0.2, 0.25) is 0 Å². The first kappa shape index (κ1) is 24.8. The number of nitrogens with one attached hydrogen (secondary N) is 1. The van der Waals surface area contributed by atoms with Crippen molar-refractivity contribution in [2.24, 2.45) is 7.05 Å². The number of amides is 1. The number of hydrogen-bond acceptors (Lipinski definition) is 6. The number of benzene rings is 1. The van der Waals surface area contributed by atoms with Gasteiger partial charge in [-0.05, 0) is 54.4 Å². The van der Waals surface area contributed by atoms with Gasteiger partial charge in [-0.25, -0.2) is 4.39 Å². The number of hydrogen-bond donors (Lipinski definition) is 1. The number of nitrogens with zero attached hydrogens (tertiary/aromatic N) is 6. The number of aryl methyl sites for hydroxylation is 1. The first-order valence-corrected chi connectivity index (χ1v) is 12.3. The van der Waals surface area contributed by atoms with Crippen LogP contribution in [0.3, 0.4) is 0 Å². The van der Waals surface area contributed by atoms with Crippen molar-refractivity contribution in [1.82, 2.24) is 34.4 Å². The van der Waals surface area contributed by atoms with E-state index in [1.807, 2.05) is 25.2 Å². The lowest BCUT2D eigenvalue weighted by Crippen LogP contribution is -2.46. The van der Waals surface area contributed by atoms with Crippen LogP contribution in [-0.4, -0.2) is 81.4 Å². The molecule has 3 aromatic heterocycles. The molecule has 4 heterocycles. The van der Waals surface area contributed by atoms with Gasteiger partial charge in [0.25, 0.3) is 11.5 Å². The van der Waals surface area contributed by atoms with Crippen LogP contribution in [0.15, 0.2) is 59.8 Å². The monoisotopic (exact) mass is 503 g/mol. The summed E-state index contributed by atoms with van der Waals surface area (Å²) < 4.78 is 17.6. The highest BCUT2D eigenvalue weighted by Gasteiger charge is 2.15. The van der Waals surface area contributed by atoms with Crippen molar-refractivity contribution in [3.8, 4) is 11.4 Å². The molecule has 0 atom stereocenters. The van der Waals surface area contributed by atoms with E-state index in [0.717, 1.165) is 49.5 Å². The third-order valence-corrected chi connectivity index (χ3v) is 6.83.